The molecule has 4 nitrogen and oxygen atoms in total. The molecular weight excluding hydrogens is 284 g/mol. The van der Waals surface area contributed by atoms with Crippen LogP contribution in [-0.2, 0) is 16.4 Å². The normalized spacial score (nSPS) is 11.3. The number of rotatable bonds is 4. The number of benzene rings is 1. The largest absolute Gasteiger partial charge is 0.378 e. The van der Waals surface area contributed by atoms with Crippen molar-refractivity contribution in [1.82, 2.24) is 4.98 Å². The number of hydrogen-bond donors (Lipinski definition) is 1. The molecule has 2 rings (SSSR count). The Morgan fingerprint density at radius 1 is 1.26 bits per heavy atom. The minimum Gasteiger partial charge on any atom is -0.378 e. The third kappa shape index (κ3) is 3.68. The number of nitrogens with one attached hydrogen (secondary N) is 1. The molecule has 0 aliphatic carbocycles. The van der Waals surface area contributed by atoms with Gasteiger partial charge in [-0.25, -0.2) is 8.42 Å². The molecule has 1 N–H and O–H groups in total. The SMILES string of the molecule is CS(=O)(=O)c1ccc(Cl)c(NCc2ccccn2)c1. The third-order valence-corrected chi connectivity index (χ3v) is 3.99. The van der Waals surface area contributed by atoms with Gasteiger partial charge in [0.25, 0.3) is 0 Å². The average molecular weight is 297 g/mol. The first-order chi connectivity index (χ1) is 8.97. The van der Waals surface area contributed by atoms with Gasteiger partial charge in [-0.1, -0.05) is 17.7 Å². The molecule has 0 fully saturated rings. The molecule has 0 aliphatic heterocycles. The lowest BCUT2D eigenvalue weighted by molar-refractivity contribution is 0.602. The topological polar surface area (TPSA) is 59.1 Å². The Morgan fingerprint density at radius 2 is 2.05 bits per heavy atom. The van der Waals surface area contributed by atoms with Gasteiger partial charge in [0.2, 0.25) is 0 Å². The summed E-state index contributed by atoms with van der Waals surface area (Å²) in [6, 6.07) is 10.2. The molecule has 0 saturated carbocycles. The van der Waals surface area contributed by atoms with E-state index in [4.69, 9.17) is 11.6 Å². The third-order valence-electron chi connectivity index (χ3n) is 2.55. The van der Waals surface area contributed by atoms with Crippen LogP contribution in [0.15, 0.2) is 47.5 Å². The van der Waals surface area contributed by atoms with Gasteiger partial charge in [0.05, 0.1) is 27.8 Å². The fourth-order valence-corrected chi connectivity index (χ4v) is 2.39. The van der Waals surface area contributed by atoms with E-state index >= 15 is 0 Å². The van der Waals surface area contributed by atoms with Crippen LogP contribution in [0.1, 0.15) is 5.69 Å². The summed E-state index contributed by atoms with van der Waals surface area (Å²) in [7, 11) is -3.24. The van der Waals surface area contributed by atoms with Crippen molar-refractivity contribution in [3.8, 4) is 0 Å². The molecule has 2 aromatic rings. The van der Waals surface area contributed by atoms with E-state index in [2.05, 4.69) is 10.3 Å². The van der Waals surface area contributed by atoms with Crippen molar-refractivity contribution in [3.63, 3.8) is 0 Å². The number of aromatic nitrogens is 1. The first-order valence-electron chi connectivity index (χ1n) is 5.60. The van der Waals surface area contributed by atoms with Crippen molar-refractivity contribution in [2.75, 3.05) is 11.6 Å². The predicted octanol–water partition coefficient (Wildman–Crippen LogP) is 2.75. The molecule has 0 radical (unpaired) electrons. The molecule has 1 aromatic heterocycles. The maximum absolute atomic E-state index is 11.5. The van der Waals surface area contributed by atoms with E-state index in [9.17, 15) is 8.42 Å². The van der Waals surface area contributed by atoms with Crippen LogP contribution >= 0.6 is 11.6 Å². The van der Waals surface area contributed by atoms with E-state index in [0.29, 0.717) is 17.3 Å². The number of sulfone groups is 1. The fraction of sp³-hybridized carbons (Fsp3) is 0.154. The van der Waals surface area contributed by atoms with Gasteiger partial charge < -0.3 is 5.32 Å². The van der Waals surface area contributed by atoms with Crippen molar-refractivity contribution in [2.24, 2.45) is 0 Å². The predicted molar refractivity (Wildman–Crippen MR) is 76.1 cm³/mol. The Kier molecular flexibility index (Phi) is 4.07. The van der Waals surface area contributed by atoms with E-state index in [0.717, 1.165) is 5.69 Å². The van der Waals surface area contributed by atoms with Crippen LogP contribution in [0.25, 0.3) is 0 Å². The van der Waals surface area contributed by atoms with Gasteiger partial charge in [-0.15, -0.1) is 0 Å². The van der Waals surface area contributed by atoms with E-state index < -0.39 is 9.84 Å². The highest BCUT2D eigenvalue weighted by atomic mass is 35.5. The minimum atomic E-state index is -3.24. The molecule has 6 heteroatoms. The molecule has 0 atom stereocenters. The highest BCUT2D eigenvalue weighted by molar-refractivity contribution is 7.90. The van der Waals surface area contributed by atoms with Gasteiger partial charge in [0.15, 0.2) is 9.84 Å². The fourth-order valence-electron chi connectivity index (χ4n) is 1.56. The second-order valence-corrected chi connectivity index (χ2v) is 6.51. The molecule has 0 amide bonds. The zero-order valence-corrected chi connectivity index (χ0v) is 11.9. The lowest BCUT2D eigenvalue weighted by Crippen LogP contribution is -2.03. The summed E-state index contributed by atoms with van der Waals surface area (Å²) < 4.78 is 23.0. The number of nitrogens with zero attached hydrogens (tertiary/aromatic N) is 1. The van der Waals surface area contributed by atoms with Crippen LogP contribution in [0.4, 0.5) is 5.69 Å². The van der Waals surface area contributed by atoms with Gasteiger partial charge >= 0.3 is 0 Å². The van der Waals surface area contributed by atoms with Crippen LogP contribution in [0.2, 0.25) is 5.02 Å². The van der Waals surface area contributed by atoms with Crippen LogP contribution in [-0.4, -0.2) is 19.7 Å². The molecule has 1 aromatic carbocycles. The monoisotopic (exact) mass is 296 g/mol. The average Bonchev–Trinajstić information content (AvgIpc) is 2.37. The van der Waals surface area contributed by atoms with E-state index in [-0.39, 0.29) is 4.90 Å². The molecule has 1 heterocycles. The molecule has 0 spiro atoms. The smallest absolute Gasteiger partial charge is 0.175 e. The van der Waals surface area contributed by atoms with Crippen LogP contribution in [0, 0.1) is 0 Å². The summed E-state index contributed by atoms with van der Waals surface area (Å²) in [5, 5.41) is 3.56. The molecule has 0 unspecified atom stereocenters. The van der Waals surface area contributed by atoms with Gasteiger partial charge in [0, 0.05) is 12.5 Å². The Labute approximate surface area is 117 Å². The first-order valence-corrected chi connectivity index (χ1v) is 7.87. The van der Waals surface area contributed by atoms with Gasteiger partial charge in [-0.05, 0) is 30.3 Å². The van der Waals surface area contributed by atoms with E-state index in [1.165, 1.54) is 18.4 Å². The standard InChI is InChI=1S/C13H13ClN2O2S/c1-19(17,18)11-5-6-12(14)13(8-11)16-9-10-4-2-3-7-15-10/h2-8,16H,9H2,1H3. The van der Waals surface area contributed by atoms with E-state index in [1.54, 1.807) is 12.3 Å². The highest BCUT2D eigenvalue weighted by Crippen LogP contribution is 2.25. The molecular formula is C13H13ClN2O2S. The molecule has 0 bridgehead atoms. The summed E-state index contributed by atoms with van der Waals surface area (Å²) in [5.74, 6) is 0. The molecule has 0 aliphatic rings. The highest BCUT2D eigenvalue weighted by Gasteiger charge is 2.10. The summed E-state index contributed by atoms with van der Waals surface area (Å²) in [6.45, 7) is 0.480. The van der Waals surface area contributed by atoms with Crippen molar-refractivity contribution < 1.29 is 8.42 Å². The zero-order valence-electron chi connectivity index (χ0n) is 10.3. The van der Waals surface area contributed by atoms with Gasteiger partial charge in [-0.3, -0.25) is 4.98 Å². The Hall–Kier alpha value is -1.59. The number of pyridine rings is 1. The molecule has 100 valence electrons. The number of halogens is 1. The zero-order chi connectivity index (χ0) is 13.9. The Bertz CT molecular complexity index is 672. The quantitative estimate of drug-likeness (QED) is 0.942. The molecule has 0 saturated heterocycles. The first kappa shape index (κ1) is 13.8. The van der Waals surface area contributed by atoms with Crippen molar-refractivity contribution in [1.29, 1.82) is 0 Å². The number of anilines is 1. The van der Waals surface area contributed by atoms with Crippen molar-refractivity contribution in [3.05, 3.63) is 53.3 Å². The Balaban J connectivity index is 2.21. The second kappa shape index (κ2) is 5.59. The van der Waals surface area contributed by atoms with Gasteiger partial charge in [-0.2, -0.15) is 0 Å². The summed E-state index contributed by atoms with van der Waals surface area (Å²) in [6.07, 6.45) is 2.87. The maximum atomic E-state index is 11.5. The van der Waals surface area contributed by atoms with Crippen LogP contribution in [0.3, 0.4) is 0 Å². The molecule has 19 heavy (non-hydrogen) atoms. The van der Waals surface area contributed by atoms with Crippen molar-refractivity contribution in [2.45, 2.75) is 11.4 Å². The summed E-state index contributed by atoms with van der Waals surface area (Å²) in [5.41, 5.74) is 1.43. The maximum Gasteiger partial charge on any atom is 0.175 e. The lowest BCUT2D eigenvalue weighted by atomic mass is 10.3. The van der Waals surface area contributed by atoms with Crippen LogP contribution < -0.4 is 5.32 Å². The van der Waals surface area contributed by atoms with Crippen LogP contribution in [0.5, 0.6) is 0 Å². The lowest BCUT2D eigenvalue weighted by Gasteiger charge is -2.09. The minimum absolute atomic E-state index is 0.237. The Morgan fingerprint density at radius 3 is 2.68 bits per heavy atom. The number of hydrogen-bond acceptors (Lipinski definition) is 4. The summed E-state index contributed by atoms with van der Waals surface area (Å²) >= 11 is 6.03. The van der Waals surface area contributed by atoms with Crippen molar-refractivity contribution >= 4 is 27.1 Å². The van der Waals surface area contributed by atoms with Gasteiger partial charge in [0.1, 0.15) is 0 Å². The van der Waals surface area contributed by atoms with E-state index in [1.807, 2.05) is 18.2 Å². The summed E-state index contributed by atoms with van der Waals surface area (Å²) in [4.78, 5) is 4.41. The second-order valence-electron chi connectivity index (χ2n) is 4.09.